The van der Waals surface area contributed by atoms with Crippen LogP contribution in [0.25, 0.3) is 0 Å². The lowest BCUT2D eigenvalue weighted by molar-refractivity contribution is -0.136. The highest BCUT2D eigenvalue weighted by molar-refractivity contribution is 5.97. The Morgan fingerprint density at radius 2 is 1.75 bits per heavy atom. The first kappa shape index (κ1) is 13.0. The number of carbonyl (C=O) groups is 1. The van der Waals surface area contributed by atoms with Gasteiger partial charge >= 0.3 is 6.18 Å². The molecule has 6 heteroatoms. The number of rotatable bonds is 2. The summed E-state index contributed by atoms with van der Waals surface area (Å²) in [4.78, 5) is 11.5. The first-order valence-electron chi connectivity index (χ1n) is 5.07. The van der Waals surface area contributed by atoms with Crippen molar-refractivity contribution < 1.29 is 23.1 Å². The third-order valence-electron chi connectivity index (χ3n) is 2.75. The summed E-state index contributed by atoms with van der Waals surface area (Å²) in [5, 5.41) is 9.84. The van der Waals surface area contributed by atoms with Crippen LogP contribution in [0.1, 0.15) is 32.1 Å². The average Bonchev–Trinajstić information content (AvgIpc) is 2.17. The minimum Gasteiger partial charge on any atom is -0.395 e. The monoisotopic (exact) mass is 237 g/mol. The van der Waals surface area contributed by atoms with E-state index in [2.05, 4.69) is 0 Å². The summed E-state index contributed by atoms with van der Waals surface area (Å²) in [6, 6.07) is 0. The minimum atomic E-state index is -4.72. The second-order valence-corrected chi connectivity index (χ2v) is 4.05. The van der Waals surface area contributed by atoms with Crippen molar-refractivity contribution in [3.05, 3.63) is 11.8 Å². The zero-order valence-corrected chi connectivity index (χ0v) is 8.68. The summed E-state index contributed by atoms with van der Waals surface area (Å²) in [6.07, 6.45) is -1.86. The van der Waals surface area contributed by atoms with Crippen molar-refractivity contribution in [3.8, 4) is 0 Å². The summed E-state index contributed by atoms with van der Waals surface area (Å²) in [7, 11) is 0. The van der Waals surface area contributed by atoms with E-state index in [0.29, 0.717) is 18.9 Å². The molecule has 0 aromatic rings. The van der Waals surface area contributed by atoms with Gasteiger partial charge in [-0.05, 0) is 12.8 Å². The van der Waals surface area contributed by atoms with Gasteiger partial charge in [0.15, 0.2) is 5.78 Å². The molecule has 1 aliphatic carbocycles. The van der Waals surface area contributed by atoms with Crippen molar-refractivity contribution in [2.24, 2.45) is 5.73 Å². The van der Waals surface area contributed by atoms with Gasteiger partial charge in [0.25, 0.3) is 0 Å². The molecular weight excluding hydrogens is 223 g/mol. The normalized spacial score (nSPS) is 21.9. The molecule has 0 amide bonds. The first-order chi connectivity index (χ1) is 7.26. The number of hydrogen-bond donors (Lipinski definition) is 2. The highest BCUT2D eigenvalue weighted by Gasteiger charge is 2.38. The molecule has 3 N–H and O–H groups in total. The van der Waals surface area contributed by atoms with Crippen LogP contribution >= 0.6 is 0 Å². The maximum Gasteiger partial charge on any atom is 0.430 e. The Morgan fingerprint density at radius 3 is 2.19 bits per heavy atom. The van der Waals surface area contributed by atoms with E-state index < -0.39 is 23.3 Å². The zero-order chi connectivity index (χ0) is 12.4. The van der Waals surface area contributed by atoms with Gasteiger partial charge in [-0.3, -0.25) is 4.79 Å². The minimum absolute atomic E-state index is 0.202. The number of aliphatic hydroxyl groups is 1. The number of alkyl halides is 3. The smallest absolute Gasteiger partial charge is 0.395 e. The van der Waals surface area contributed by atoms with Gasteiger partial charge in [0.2, 0.25) is 0 Å². The maximum absolute atomic E-state index is 12.1. The third kappa shape index (κ3) is 2.98. The molecule has 92 valence electrons. The number of nitrogens with two attached hydrogens (primary N) is 1. The summed E-state index contributed by atoms with van der Waals surface area (Å²) >= 11 is 0. The van der Waals surface area contributed by atoms with E-state index >= 15 is 0 Å². The molecule has 1 aliphatic rings. The predicted molar refractivity (Wildman–Crippen MR) is 51.4 cm³/mol. The van der Waals surface area contributed by atoms with Gasteiger partial charge in [-0.25, -0.2) is 0 Å². The van der Waals surface area contributed by atoms with Gasteiger partial charge in [0, 0.05) is 6.08 Å². The lowest BCUT2D eigenvalue weighted by Crippen LogP contribution is -2.40. The quantitative estimate of drug-likeness (QED) is 0.718. The Morgan fingerprint density at radius 1 is 1.25 bits per heavy atom. The molecule has 0 saturated heterocycles. The number of carbonyl (C=O) groups excluding carboxylic acids is 1. The summed E-state index contributed by atoms with van der Waals surface area (Å²) < 4.78 is 36.2. The van der Waals surface area contributed by atoms with E-state index in [-0.39, 0.29) is 12.8 Å². The van der Waals surface area contributed by atoms with Crippen LogP contribution in [0, 0.1) is 0 Å². The van der Waals surface area contributed by atoms with Gasteiger partial charge in [0.05, 0.1) is 0 Å². The Labute approximate surface area is 91.1 Å². The first-order valence-corrected chi connectivity index (χ1v) is 5.07. The van der Waals surface area contributed by atoms with Crippen molar-refractivity contribution in [2.45, 2.75) is 43.9 Å². The van der Waals surface area contributed by atoms with Gasteiger partial charge < -0.3 is 10.8 Å². The van der Waals surface area contributed by atoms with Crippen LogP contribution < -0.4 is 5.73 Å². The second-order valence-electron chi connectivity index (χ2n) is 4.05. The molecule has 1 rings (SSSR count). The fraction of sp³-hybridized carbons (Fsp3) is 0.700. The standard InChI is InChI=1S/C10H14F3NO2/c11-10(12,13)7(14)6-8(15)9(16)4-2-1-3-5-9/h6,16H,1-5,14H2/b7-6-. The summed E-state index contributed by atoms with van der Waals surface area (Å²) in [6.45, 7) is 0. The SMILES string of the molecule is N/C(=C\C(=O)C1(O)CCCCC1)C(F)(F)F. The number of allylic oxidation sites excluding steroid dienone is 1. The van der Waals surface area contributed by atoms with Crippen LogP contribution in [-0.2, 0) is 4.79 Å². The molecule has 3 nitrogen and oxygen atoms in total. The topological polar surface area (TPSA) is 63.3 Å². The predicted octanol–water partition coefficient (Wildman–Crippen LogP) is 1.66. The molecule has 0 atom stereocenters. The highest BCUT2D eigenvalue weighted by atomic mass is 19.4. The average molecular weight is 237 g/mol. The Kier molecular flexibility index (Phi) is 3.62. The van der Waals surface area contributed by atoms with E-state index in [1.54, 1.807) is 0 Å². The van der Waals surface area contributed by atoms with E-state index in [1.165, 1.54) is 0 Å². The van der Waals surface area contributed by atoms with Crippen molar-refractivity contribution in [3.63, 3.8) is 0 Å². The third-order valence-corrected chi connectivity index (χ3v) is 2.75. The van der Waals surface area contributed by atoms with Crippen LogP contribution in [0.4, 0.5) is 13.2 Å². The molecule has 0 aliphatic heterocycles. The molecule has 16 heavy (non-hydrogen) atoms. The van der Waals surface area contributed by atoms with Gasteiger partial charge in [0.1, 0.15) is 11.3 Å². The molecule has 0 radical (unpaired) electrons. The Balaban J connectivity index is 2.78. The molecule has 0 bridgehead atoms. The van der Waals surface area contributed by atoms with Crippen molar-refractivity contribution >= 4 is 5.78 Å². The number of hydrogen-bond acceptors (Lipinski definition) is 3. The molecule has 1 saturated carbocycles. The fourth-order valence-electron chi connectivity index (χ4n) is 1.74. The van der Waals surface area contributed by atoms with Crippen molar-refractivity contribution in [1.82, 2.24) is 0 Å². The van der Waals surface area contributed by atoms with Crippen molar-refractivity contribution in [2.75, 3.05) is 0 Å². The van der Waals surface area contributed by atoms with E-state index in [4.69, 9.17) is 5.73 Å². The maximum atomic E-state index is 12.1. The number of ketones is 1. The van der Waals surface area contributed by atoms with Gasteiger partial charge in [-0.15, -0.1) is 0 Å². The summed E-state index contributed by atoms with van der Waals surface area (Å²) in [5.74, 6) is -0.943. The number of halogens is 3. The van der Waals surface area contributed by atoms with Gasteiger partial charge in [-0.1, -0.05) is 19.3 Å². The van der Waals surface area contributed by atoms with E-state index in [9.17, 15) is 23.1 Å². The molecule has 0 aromatic heterocycles. The van der Waals surface area contributed by atoms with E-state index in [0.717, 1.165) is 6.42 Å². The fourth-order valence-corrected chi connectivity index (χ4v) is 1.74. The van der Waals surface area contributed by atoms with Crippen LogP contribution in [0.5, 0.6) is 0 Å². The highest BCUT2D eigenvalue weighted by Crippen LogP contribution is 2.30. The van der Waals surface area contributed by atoms with Crippen LogP contribution in [0.15, 0.2) is 11.8 Å². The lowest BCUT2D eigenvalue weighted by Gasteiger charge is -2.29. The zero-order valence-electron chi connectivity index (χ0n) is 8.68. The van der Waals surface area contributed by atoms with Crippen LogP contribution in [-0.4, -0.2) is 22.7 Å². The van der Waals surface area contributed by atoms with Gasteiger partial charge in [-0.2, -0.15) is 13.2 Å². The molecule has 0 unspecified atom stereocenters. The van der Waals surface area contributed by atoms with Crippen LogP contribution in [0.2, 0.25) is 0 Å². The van der Waals surface area contributed by atoms with Crippen molar-refractivity contribution in [1.29, 1.82) is 0 Å². The largest absolute Gasteiger partial charge is 0.430 e. The molecule has 0 spiro atoms. The van der Waals surface area contributed by atoms with Crippen LogP contribution in [0.3, 0.4) is 0 Å². The lowest BCUT2D eigenvalue weighted by atomic mass is 9.81. The molecule has 0 aromatic carbocycles. The summed E-state index contributed by atoms with van der Waals surface area (Å²) in [5.41, 5.74) is 1.60. The molecular formula is C10H14F3NO2. The molecule has 0 heterocycles. The second kappa shape index (κ2) is 4.45. The Bertz CT molecular complexity index is 304. The van der Waals surface area contributed by atoms with E-state index in [1.807, 2.05) is 0 Å². The Hall–Kier alpha value is -1.04. The molecule has 1 fully saturated rings.